The first-order chi connectivity index (χ1) is 9.06. The van der Waals surface area contributed by atoms with Crippen molar-refractivity contribution in [3.63, 3.8) is 0 Å². The van der Waals surface area contributed by atoms with Crippen LogP contribution in [0.5, 0.6) is 0 Å². The van der Waals surface area contributed by atoms with E-state index in [9.17, 15) is 0 Å². The van der Waals surface area contributed by atoms with E-state index in [-0.39, 0.29) is 0 Å². The molecule has 106 valence electrons. The van der Waals surface area contributed by atoms with Crippen molar-refractivity contribution in [2.24, 2.45) is 5.73 Å². The Balaban J connectivity index is 1.81. The fourth-order valence-corrected chi connectivity index (χ4v) is 3.93. The van der Waals surface area contributed by atoms with Gasteiger partial charge in [0.15, 0.2) is 0 Å². The van der Waals surface area contributed by atoms with E-state index in [0.717, 1.165) is 46.6 Å². The molecule has 2 unspecified atom stereocenters. The summed E-state index contributed by atoms with van der Waals surface area (Å²) < 4.78 is 0. The van der Waals surface area contributed by atoms with Crippen molar-refractivity contribution in [1.82, 2.24) is 4.90 Å². The number of benzene rings is 1. The Bertz CT molecular complexity index is 428. The summed E-state index contributed by atoms with van der Waals surface area (Å²) in [6.45, 7) is 4.43. The predicted molar refractivity (Wildman–Crippen MR) is 85.4 cm³/mol. The van der Waals surface area contributed by atoms with Crippen LogP contribution >= 0.6 is 35.0 Å². The molecular weight excluding hydrogens is 299 g/mol. The molecule has 1 aliphatic rings. The molecule has 2 nitrogen and oxygen atoms in total. The maximum atomic E-state index is 6.16. The third kappa shape index (κ3) is 4.54. The van der Waals surface area contributed by atoms with Gasteiger partial charge in [-0.3, -0.25) is 4.90 Å². The molecule has 1 heterocycles. The summed E-state index contributed by atoms with van der Waals surface area (Å²) in [7, 11) is 0. The molecule has 0 saturated carbocycles. The summed E-state index contributed by atoms with van der Waals surface area (Å²) in [6.07, 6.45) is 2.20. The van der Waals surface area contributed by atoms with Gasteiger partial charge in [-0.15, -0.1) is 11.8 Å². The third-order valence-corrected chi connectivity index (χ3v) is 5.30. The number of halogens is 2. The van der Waals surface area contributed by atoms with Gasteiger partial charge in [-0.05, 0) is 44.5 Å². The van der Waals surface area contributed by atoms with Crippen molar-refractivity contribution in [3.8, 4) is 0 Å². The predicted octanol–water partition coefficient (Wildman–Crippen LogP) is 3.90. The van der Waals surface area contributed by atoms with Crippen LogP contribution in [0.1, 0.15) is 19.8 Å². The van der Waals surface area contributed by atoms with E-state index in [1.165, 1.54) is 0 Å². The van der Waals surface area contributed by atoms with Gasteiger partial charge in [0.2, 0.25) is 0 Å². The molecule has 1 aromatic carbocycles. The van der Waals surface area contributed by atoms with E-state index in [1.807, 2.05) is 18.2 Å². The molecule has 0 amide bonds. The first-order valence-corrected chi connectivity index (χ1v) is 8.38. The van der Waals surface area contributed by atoms with Gasteiger partial charge in [0, 0.05) is 34.3 Å². The molecule has 0 aromatic heterocycles. The summed E-state index contributed by atoms with van der Waals surface area (Å²) in [5.41, 5.74) is 5.98. The van der Waals surface area contributed by atoms with E-state index in [0.29, 0.717) is 12.1 Å². The van der Waals surface area contributed by atoms with Crippen molar-refractivity contribution in [2.45, 2.75) is 36.7 Å². The van der Waals surface area contributed by atoms with Gasteiger partial charge in [0.1, 0.15) is 0 Å². The van der Waals surface area contributed by atoms with Crippen LogP contribution in [-0.4, -0.2) is 35.8 Å². The number of hydrogen-bond acceptors (Lipinski definition) is 3. The molecule has 2 rings (SSSR count). The smallest absolute Gasteiger partial charge is 0.0542 e. The molecule has 1 saturated heterocycles. The molecule has 2 atom stereocenters. The van der Waals surface area contributed by atoms with Crippen LogP contribution in [0.4, 0.5) is 0 Å². The monoisotopic (exact) mass is 318 g/mol. The summed E-state index contributed by atoms with van der Waals surface area (Å²) in [5, 5.41) is 1.52. The van der Waals surface area contributed by atoms with Crippen LogP contribution < -0.4 is 5.73 Å². The van der Waals surface area contributed by atoms with Crippen molar-refractivity contribution >= 4 is 35.0 Å². The summed E-state index contributed by atoms with van der Waals surface area (Å²) in [6, 6.07) is 6.57. The Morgan fingerprint density at radius 3 is 2.95 bits per heavy atom. The minimum absolute atomic E-state index is 0.376. The quantitative estimate of drug-likeness (QED) is 0.854. The lowest BCUT2D eigenvalue weighted by Crippen LogP contribution is -2.46. The molecule has 0 radical (unpaired) electrons. The SMILES string of the molecule is CC1CC(N)CCN1CCSc1cc(Cl)ccc1Cl. The maximum Gasteiger partial charge on any atom is 0.0542 e. The largest absolute Gasteiger partial charge is 0.328 e. The summed E-state index contributed by atoms with van der Waals surface area (Å²) >= 11 is 13.9. The van der Waals surface area contributed by atoms with Crippen molar-refractivity contribution in [1.29, 1.82) is 0 Å². The lowest BCUT2D eigenvalue weighted by atomic mass is 9.99. The molecule has 5 heteroatoms. The number of rotatable bonds is 4. The Kier molecular flexibility index (Phi) is 5.85. The average Bonchev–Trinajstić information content (AvgIpc) is 2.36. The number of piperidine rings is 1. The van der Waals surface area contributed by atoms with E-state index >= 15 is 0 Å². The molecular formula is C14H20Cl2N2S. The number of thioether (sulfide) groups is 1. The molecule has 0 bridgehead atoms. The molecule has 0 aliphatic carbocycles. The first-order valence-electron chi connectivity index (χ1n) is 6.63. The van der Waals surface area contributed by atoms with Gasteiger partial charge < -0.3 is 5.73 Å². The van der Waals surface area contributed by atoms with Crippen LogP contribution in [0.2, 0.25) is 10.0 Å². The molecule has 19 heavy (non-hydrogen) atoms. The van der Waals surface area contributed by atoms with Crippen LogP contribution in [0.25, 0.3) is 0 Å². The number of hydrogen-bond donors (Lipinski definition) is 1. The Labute approximate surface area is 129 Å². The lowest BCUT2D eigenvalue weighted by Gasteiger charge is -2.36. The zero-order chi connectivity index (χ0) is 13.8. The van der Waals surface area contributed by atoms with Gasteiger partial charge in [-0.1, -0.05) is 23.2 Å². The summed E-state index contributed by atoms with van der Waals surface area (Å²) in [4.78, 5) is 3.57. The van der Waals surface area contributed by atoms with Gasteiger partial charge in [0.25, 0.3) is 0 Å². The second kappa shape index (κ2) is 7.19. The topological polar surface area (TPSA) is 29.3 Å². The number of likely N-dealkylation sites (tertiary alicyclic amines) is 1. The van der Waals surface area contributed by atoms with Gasteiger partial charge >= 0.3 is 0 Å². The highest BCUT2D eigenvalue weighted by atomic mass is 35.5. The zero-order valence-corrected chi connectivity index (χ0v) is 13.4. The molecule has 1 aromatic rings. The van der Waals surface area contributed by atoms with E-state index in [2.05, 4.69) is 11.8 Å². The van der Waals surface area contributed by atoms with Crippen LogP contribution in [0.3, 0.4) is 0 Å². The second-order valence-electron chi connectivity index (χ2n) is 5.09. The number of nitrogens with two attached hydrogens (primary N) is 1. The molecule has 2 N–H and O–H groups in total. The van der Waals surface area contributed by atoms with Gasteiger partial charge in [-0.2, -0.15) is 0 Å². The van der Waals surface area contributed by atoms with Crippen molar-refractivity contribution in [2.75, 3.05) is 18.8 Å². The van der Waals surface area contributed by atoms with E-state index in [4.69, 9.17) is 28.9 Å². The second-order valence-corrected chi connectivity index (χ2v) is 7.07. The van der Waals surface area contributed by atoms with Crippen LogP contribution in [0, 0.1) is 0 Å². The third-order valence-electron chi connectivity index (χ3n) is 3.58. The normalized spacial score (nSPS) is 24.6. The Hall–Kier alpha value is 0.0700. The zero-order valence-electron chi connectivity index (χ0n) is 11.1. The standard InChI is InChI=1S/C14H20Cl2N2S/c1-10-8-12(17)4-5-18(10)6-7-19-14-9-11(15)2-3-13(14)16/h2-3,9-10,12H,4-8,17H2,1H3. The Morgan fingerprint density at radius 2 is 2.21 bits per heavy atom. The Morgan fingerprint density at radius 1 is 1.42 bits per heavy atom. The summed E-state index contributed by atoms with van der Waals surface area (Å²) in [5.74, 6) is 1.03. The van der Waals surface area contributed by atoms with E-state index < -0.39 is 0 Å². The van der Waals surface area contributed by atoms with Crippen molar-refractivity contribution < 1.29 is 0 Å². The minimum Gasteiger partial charge on any atom is -0.328 e. The van der Waals surface area contributed by atoms with Gasteiger partial charge in [-0.25, -0.2) is 0 Å². The highest BCUT2D eigenvalue weighted by molar-refractivity contribution is 7.99. The van der Waals surface area contributed by atoms with E-state index in [1.54, 1.807) is 11.8 Å². The minimum atomic E-state index is 0.376. The first kappa shape index (κ1) is 15.5. The fraction of sp³-hybridized carbons (Fsp3) is 0.571. The average molecular weight is 319 g/mol. The molecule has 1 fully saturated rings. The molecule has 0 spiro atoms. The number of nitrogens with zero attached hydrogens (tertiary/aromatic N) is 1. The fourth-order valence-electron chi connectivity index (χ4n) is 2.45. The highest BCUT2D eigenvalue weighted by Gasteiger charge is 2.22. The molecule has 1 aliphatic heterocycles. The van der Waals surface area contributed by atoms with Gasteiger partial charge in [0.05, 0.1) is 5.02 Å². The lowest BCUT2D eigenvalue weighted by molar-refractivity contribution is 0.157. The van der Waals surface area contributed by atoms with Crippen molar-refractivity contribution in [3.05, 3.63) is 28.2 Å². The maximum absolute atomic E-state index is 6.16. The van der Waals surface area contributed by atoms with Crippen LogP contribution in [-0.2, 0) is 0 Å². The van der Waals surface area contributed by atoms with Crippen LogP contribution in [0.15, 0.2) is 23.1 Å². The highest BCUT2D eigenvalue weighted by Crippen LogP contribution is 2.30.